The molecule has 0 N–H and O–H groups in total. The van der Waals surface area contributed by atoms with Crippen LogP contribution in [0.5, 0.6) is 0 Å². The molecule has 1 aromatic rings. The summed E-state index contributed by atoms with van der Waals surface area (Å²) in [5.74, 6) is 0.335. The third-order valence-electron chi connectivity index (χ3n) is 5.79. The molecule has 2 saturated heterocycles. The van der Waals surface area contributed by atoms with Crippen LogP contribution in [0.2, 0.25) is 0 Å². The first-order valence-electron chi connectivity index (χ1n) is 10.2. The van der Waals surface area contributed by atoms with Gasteiger partial charge in [0.2, 0.25) is 11.8 Å². The van der Waals surface area contributed by atoms with Crippen LogP contribution >= 0.6 is 0 Å². The molecule has 2 aliphatic rings. The van der Waals surface area contributed by atoms with Gasteiger partial charge in [-0.15, -0.1) is 0 Å². The lowest BCUT2D eigenvalue weighted by Gasteiger charge is -2.40. The van der Waals surface area contributed by atoms with Crippen molar-refractivity contribution >= 4 is 23.2 Å². The van der Waals surface area contributed by atoms with Gasteiger partial charge in [0.15, 0.2) is 0 Å². The zero-order valence-corrected chi connectivity index (χ0v) is 17.5. The molecule has 0 atom stereocenters. The number of amides is 2. The van der Waals surface area contributed by atoms with Gasteiger partial charge in [-0.2, -0.15) is 0 Å². The van der Waals surface area contributed by atoms with Crippen LogP contribution in [0, 0.1) is 21.4 Å². The number of nitrogens with zero attached hydrogens (tertiary/aromatic N) is 4. The first-order chi connectivity index (χ1) is 13.7. The van der Waals surface area contributed by atoms with E-state index in [0.29, 0.717) is 39.3 Å². The smallest absolute Gasteiger partial charge is 0.269 e. The molecule has 0 spiro atoms. The van der Waals surface area contributed by atoms with E-state index in [9.17, 15) is 19.7 Å². The van der Waals surface area contributed by atoms with E-state index < -0.39 is 4.92 Å². The highest BCUT2D eigenvalue weighted by Crippen LogP contribution is 2.26. The minimum Gasteiger partial charge on any atom is -0.368 e. The summed E-state index contributed by atoms with van der Waals surface area (Å²) in [4.78, 5) is 41.7. The Labute approximate surface area is 171 Å². The normalized spacial score (nSPS) is 18.7. The van der Waals surface area contributed by atoms with Crippen molar-refractivity contribution in [1.82, 2.24) is 9.80 Å². The topological polar surface area (TPSA) is 87.0 Å². The van der Waals surface area contributed by atoms with Gasteiger partial charge in [0.1, 0.15) is 0 Å². The number of carbonyl (C=O) groups excluding carboxylic acids is 2. The van der Waals surface area contributed by atoms with Crippen LogP contribution in [0.15, 0.2) is 24.3 Å². The Kier molecular flexibility index (Phi) is 6.10. The van der Waals surface area contributed by atoms with Gasteiger partial charge >= 0.3 is 0 Å². The fraction of sp³-hybridized carbons (Fsp3) is 0.619. The van der Waals surface area contributed by atoms with E-state index in [1.165, 1.54) is 12.1 Å². The Morgan fingerprint density at radius 3 is 1.97 bits per heavy atom. The van der Waals surface area contributed by atoms with Gasteiger partial charge in [-0.25, -0.2) is 0 Å². The number of nitro benzene ring substituents is 1. The highest BCUT2D eigenvalue weighted by Gasteiger charge is 2.34. The molecular formula is C21H30N4O4. The van der Waals surface area contributed by atoms with Crippen molar-refractivity contribution < 1.29 is 14.5 Å². The van der Waals surface area contributed by atoms with Crippen molar-refractivity contribution in [2.24, 2.45) is 11.3 Å². The lowest BCUT2D eigenvalue weighted by Crippen LogP contribution is -2.52. The third-order valence-corrected chi connectivity index (χ3v) is 5.79. The van der Waals surface area contributed by atoms with Gasteiger partial charge in [-0.1, -0.05) is 20.8 Å². The molecule has 3 rings (SSSR count). The molecule has 2 fully saturated rings. The van der Waals surface area contributed by atoms with Crippen LogP contribution in [0.3, 0.4) is 0 Å². The molecular weight excluding hydrogens is 372 g/mol. The number of piperidine rings is 1. The molecule has 8 heteroatoms. The Bertz CT molecular complexity index is 756. The maximum absolute atomic E-state index is 12.9. The predicted molar refractivity (Wildman–Crippen MR) is 111 cm³/mol. The fourth-order valence-electron chi connectivity index (χ4n) is 4.03. The van der Waals surface area contributed by atoms with Gasteiger partial charge in [-0.05, 0) is 25.0 Å². The Morgan fingerprint density at radius 2 is 1.48 bits per heavy atom. The lowest BCUT2D eigenvalue weighted by atomic mass is 9.90. The average Bonchev–Trinajstić information content (AvgIpc) is 2.72. The van der Waals surface area contributed by atoms with Crippen LogP contribution in [0.25, 0.3) is 0 Å². The first-order valence-corrected chi connectivity index (χ1v) is 10.2. The van der Waals surface area contributed by atoms with Gasteiger partial charge in [-0.3, -0.25) is 19.7 Å². The number of rotatable bonds is 3. The summed E-state index contributed by atoms with van der Waals surface area (Å²) in [6, 6.07) is 6.55. The van der Waals surface area contributed by atoms with Crippen LogP contribution < -0.4 is 4.90 Å². The Balaban J connectivity index is 1.49. The van der Waals surface area contributed by atoms with Gasteiger partial charge in [0.25, 0.3) is 5.69 Å². The molecule has 2 amide bonds. The SMILES string of the molecule is CC(C)(C)C(=O)N1CCC(C(=O)N2CCN(c3ccc([N+](=O)[O-])cc3)CC2)CC1. The van der Waals surface area contributed by atoms with Crippen LogP contribution in [-0.2, 0) is 9.59 Å². The highest BCUT2D eigenvalue weighted by molar-refractivity contribution is 5.83. The number of hydrogen-bond donors (Lipinski definition) is 0. The molecule has 0 aromatic heterocycles. The zero-order valence-electron chi connectivity index (χ0n) is 17.5. The molecule has 158 valence electrons. The molecule has 0 aliphatic carbocycles. The van der Waals surface area contributed by atoms with E-state index in [2.05, 4.69) is 4.90 Å². The quantitative estimate of drug-likeness (QED) is 0.573. The number of likely N-dealkylation sites (tertiary alicyclic amines) is 1. The molecule has 0 saturated carbocycles. The minimum atomic E-state index is -0.402. The average molecular weight is 402 g/mol. The van der Waals surface area contributed by atoms with Gasteiger partial charge in [0.05, 0.1) is 4.92 Å². The fourth-order valence-corrected chi connectivity index (χ4v) is 4.03. The monoisotopic (exact) mass is 402 g/mol. The lowest BCUT2D eigenvalue weighted by molar-refractivity contribution is -0.384. The van der Waals surface area contributed by atoms with Gasteiger partial charge in [0, 0.05) is 68.4 Å². The maximum atomic E-state index is 12.9. The number of carbonyl (C=O) groups is 2. The number of benzene rings is 1. The molecule has 2 aliphatic heterocycles. The molecule has 0 unspecified atom stereocenters. The second-order valence-electron chi connectivity index (χ2n) is 8.90. The van der Waals surface area contributed by atoms with Crippen molar-refractivity contribution in [3.05, 3.63) is 34.4 Å². The van der Waals surface area contributed by atoms with E-state index in [1.807, 2.05) is 30.6 Å². The van der Waals surface area contributed by atoms with Crippen molar-refractivity contribution in [3.63, 3.8) is 0 Å². The number of anilines is 1. The summed E-state index contributed by atoms with van der Waals surface area (Å²) in [7, 11) is 0. The molecule has 0 radical (unpaired) electrons. The minimum absolute atomic E-state index is 0.00931. The Morgan fingerprint density at radius 1 is 0.931 bits per heavy atom. The molecule has 2 heterocycles. The second-order valence-corrected chi connectivity index (χ2v) is 8.90. The van der Waals surface area contributed by atoms with Crippen LogP contribution in [0.1, 0.15) is 33.6 Å². The molecule has 8 nitrogen and oxygen atoms in total. The summed E-state index contributed by atoms with van der Waals surface area (Å²) in [6.45, 7) is 9.80. The van der Waals surface area contributed by atoms with E-state index in [4.69, 9.17) is 0 Å². The van der Waals surface area contributed by atoms with Gasteiger partial charge < -0.3 is 14.7 Å². The second kappa shape index (κ2) is 8.39. The van der Waals surface area contributed by atoms with Crippen molar-refractivity contribution in [2.45, 2.75) is 33.6 Å². The van der Waals surface area contributed by atoms with E-state index in [-0.39, 0.29) is 28.8 Å². The highest BCUT2D eigenvalue weighted by atomic mass is 16.6. The summed E-state index contributed by atoms with van der Waals surface area (Å²) < 4.78 is 0. The molecule has 0 bridgehead atoms. The summed E-state index contributed by atoms with van der Waals surface area (Å²) in [5, 5.41) is 10.8. The Hall–Kier alpha value is -2.64. The standard InChI is InChI=1S/C21H30N4O4/c1-21(2,3)20(27)24-10-8-16(9-11-24)19(26)23-14-12-22(13-15-23)17-4-6-18(7-5-17)25(28)29/h4-7,16H,8-15H2,1-3H3. The van der Waals surface area contributed by atoms with Crippen LogP contribution in [-0.4, -0.2) is 65.8 Å². The summed E-state index contributed by atoms with van der Waals surface area (Å²) in [5.41, 5.74) is 0.640. The largest absolute Gasteiger partial charge is 0.368 e. The van der Waals surface area contributed by atoms with E-state index in [0.717, 1.165) is 18.5 Å². The third kappa shape index (κ3) is 4.86. The van der Waals surface area contributed by atoms with Crippen molar-refractivity contribution in [1.29, 1.82) is 0 Å². The predicted octanol–water partition coefficient (Wildman–Crippen LogP) is 2.53. The maximum Gasteiger partial charge on any atom is 0.269 e. The zero-order chi connectivity index (χ0) is 21.2. The van der Waals surface area contributed by atoms with Crippen LogP contribution in [0.4, 0.5) is 11.4 Å². The number of hydrogen-bond acceptors (Lipinski definition) is 5. The van der Waals surface area contributed by atoms with E-state index >= 15 is 0 Å². The van der Waals surface area contributed by atoms with Crippen molar-refractivity contribution in [3.8, 4) is 0 Å². The number of non-ortho nitro benzene ring substituents is 1. The molecule has 29 heavy (non-hydrogen) atoms. The number of piperazine rings is 1. The summed E-state index contributed by atoms with van der Waals surface area (Å²) >= 11 is 0. The first kappa shape index (κ1) is 21.1. The molecule has 1 aromatic carbocycles. The summed E-state index contributed by atoms with van der Waals surface area (Å²) in [6.07, 6.45) is 1.45. The van der Waals surface area contributed by atoms with E-state index in [1.54, 1.807) is 12.1 Å². The number of nitro groups is 1. The van der Waals surface area contributed by atoms with Crippen molar-refractivity contribution in [2.75, 3.05) is 44.2 Å².